The molecule has 1 saturated heterocycles. The maximum atomic E-state index is 12.6. The molecule has 30 heavy (non-hydrogen) atoms. The fourth-order valence-electron chi connectivity index (χ4n) is 3.39. The maximum Gasteiger partial charge on any atom is 0.293 e. The van der Waals surface area contributed by atoms with Crippen LogP contribution in [0.2, 0.25) is 0 Å². The molecule has 9 heteroatoms. The van der Waals surface area contributed by atoms with E-state index in [2.05, 4.69) is 10.6 Å². The Balaban J connectivity index is 1.72. The molecule has 0 aromatic heterocycles. The van der Waals surface area contributed by atoms with Crippen LogP contribution in [-0.4, -0.2) is 35.6 Å². The summed E-state index contributed by atoms with van der Waals surface area (Å²) in [5.74, 6) is 0.0906. The van der Waals surface area contributed by atoms with E-state index in [1.807, 2.05) is 24.0 Å². The lowest BCUT2D eigenvalue weighted by molar-refractivity contribution is -0.384. The van der Waals surface area contributed by atoms with Crippen molar-refractivity contribution in [2.45, 2.75) is 26.2 Å². The first kappa shape index (κ1) is 21.5. The monoisotopic (exact) mass is 428 g/mol. The molecule has 158 valence electrons. The molecule has 0 unspecified atom stereocenters. The van der Waals surface area contributed by atoms with Gasteiger partial charge >= 0.3 is 0 Å². The second kappa shape index (κ2) is 10.0. The third kappa shape index (κ3) is 5.24. The molecule has 1 fully saturated rings. The maximum absolute atomic E-state index is 12.6. The number of nitrogens with zero attached hydrogens (tertiary/aromatic N) is 2. The van der Waals surface area contributed by atoms with Gasteiger partial charge in [0.2, 0.25) is 0 Å². The van der Waals surface area contributed by atoms with Crippen LogP contribution in [0.25, 0.3) is 0 Å². The SMILES string of the molecule is CCOc1ccccc1NC(=S)NC(=O)c1ccc(N2CCCCC2)c([N+](=O)[O-])c1. The van der Waals surface area contributed by atoms with Crippen molar-refractivity contribution in [2.24, 2.45) is 0 Å². The second-order valence-corrected chi connectivity index (χ2v) is 7.25. The number of para-hydroxylation sites is 2. The van der Waals surface area contributed by atoms with Crippen LogP contribution in [0.4, 0.5) is 17.1 Å². The van der Waals surface area contributed by atoms with Crippen molar-refractivity contribution in [3.8, 4) is 5.75 Å². The number of nitrogens with one attached hydrogen (secondary N) is 2. The van der Waals surface area contributed by atoms with Crippen LogP contribution in [-0.2, 0) is 0 Å². The van der Waals surface area contributed by atoms with E-state index in [0.717, 1.165) is 32.4 Å². The van der Waals surface area contributed by atoms with Gasteiger partial charge in [-0.25, -0.2) is 0 Å². The van der Waals surface area contributed by atoms with E-state index in [1.54, 1.807) is 24.3 Å². The number of carbonyl (C=O) groups excluding carboxylic acids is 1. The number of hydrogen-bond acceptors (Lipinski definition) is 6. The quantitative estimate of drug-likeness (QED) is 0.406. The number of nitro groups is 1. The van der Waals surface area contributed by atoms with E-state index in [1.165, 1.54) is 6.07 Å². The van der Waals surface area contributed by atoms with Crippen molar-refractivity contribution in [2.75, 3.05) is 29.9 Å². The van der Waals surface area contributed by atoms with Crippen LogP contribution in [0.5, 0.6) is 5.75 Å². The average molecular weight is 429 g/mol. The molecule has 0 spiro atoms. The first-order valence-corrected chi connectivity index (χ1v) is 10.3. The first-order chi connectivity index (χ1) is 14.5. The predicted molar refractivity (Wildman–Crippen MR) is 120 cm³/mol. The Bertz CT molecular complexity index is 944. The zero-order chi connectivity index (χ0) is 21.5. The number of nitro benzene ring substituents is 1. The summed E-state index contributed by atoms with van der Waals surface area (Å²) in [5, 5.41) is 17.2. The Labute approximate surface area is 180 Å². The highest BCUT2D eigenvalue weighted by molar-refractivity contribution is 7.80. The van der Waals surface area contributed by atoms with Gasteiger partial charge in [0.1, 0.15) is 11.4 Å². The van der Waals surface area contributed by atoms with Gasteiger partial charge in [-0.1, -0.05) is 12.1 Å². The van der Waals surface area contributed by atoms with Gasteiger partial charge < -0.3 is 15.0 Å². The van der Waals surface area contributed by atoms with E-state index in [-0.39, 0.29) is 16.4 Å². The Morgan fingerprint density at radius 2 is 1.93 bits per heavy atom. The van der Waals surface area contributed by atoms with Crippen LogP contribution in [0.3, 0.4) is 0 Å². The summed E-state index contributed by atoms with van der Waals surface area (Å²) in [6, 6.07) is 11.7. The lowest BCUT2D eigenvalue weighted by atomic mass is 10.1. The van der Waals surface area contributed by atoms with E-state index in [4.69, 9.17) is 17.0 Å². The van der Waals surface area contributed by atoms with Gasteiger partial charge in [-0.2, -0.15) is 0 Å². The van der Waals surface area contributed by atoms with Crippen molar-refractivity contribution in [3.63, 3.8) is 0 Å². The van der Waals surface area contributed by atoms with E-state index in [0.29, 0.717) is 23.7 Å². The Morgan fingerprint density at radius 1 is 1.20 bits per heavy atom. The van der Waals surface area contributed by atoms with Gasteiger partial charge in [-0.05, 0) is 62.7 Å². The highest BCUT2D eigenvalue weighted by atomic mass is 32.1. The van der Waals surface area contributed by atoms with Crippen molar-refractivity contribution in [3.05, 3.63) is 58.1 Å². The number of thiocarbonyl (C=S) groups is 1. The molecule has 2 aromatic carbocycles. The molecule has 1 heterocycles. The largest absolute Gasteiger partial charge is 0.492 e. The van der Waals surface area contributed by atoms with Gasteiger partial charge in [0.15, 0.2) is 5.11 Å². The Kier molecular flexibility index (Phi) is 7.18. The Morgan fingerprint density at radius 3 is 2.63 bits per heavy atom. The number of anilines is 2. The second-order valence-electron chi connectivity index (χ2n) is 6.85. The average Bonchev–Trinajstić information content (AvgIpc) is 2.75. The summed E-state index contributed by atoms with van der Waals surface area (Å²) < 4.78 is 5.53. The van der Waals surface area contributed by atoms with Crippen LogP contribution in [0, 0.1) is 10.1 Å². The molecule has 0 bridgehead atoms. The third-order valence-electron chi connectivity index (χ3n) is 4.79. The number of rotatable bonds is 6. The molecule has 0 atom stereocenters. The number of benzene rings is 2. The standard InChI is InChI=1S/C21H24N4O4S/c1-2-29-19-9-5-4-8-16(19)22-21(30)23-20(26)15-10-11-17(18(14-15)25(27)28)24-12-6-3-7-13-24/h4-5,8-11,14H,2-3,6-7,12-13H2,1H3,(H2,22,23,26,30). The third-order valence-corrected chi connectivity index (χ3v) is 5.00. The van der Waals surface area contributed by atoms with E-state index < -0.39 is 10.8 Å². The number of hydrogen-bond donors (Lipinski definition) is 2. The van der Waals surface area contributed by atoms with Gasteiger partial charge in [-0.15, -0.1) is 0 Å². The van der Waals surface area contributed by atoms with Gasteiger partial charge in [-0.3, -0.25) is 20.2 Å². The first-order valence-electron chi connectivity index (χ1n) is 9.87. The van der Waals surface area contributed by atoms with Crippen LogP contribution < -0.4 is 20.3 Å². The van der Waals surface area contributed by atoms with E-state index in [9.17, 15) is 14.9 Å². The fourth-order valence-corrected chi connectivity index (χ4v) is 3.60. The fraction of sp³-hybridized carbons (Fsp3) is 0.333. The predicted octanol–water partition coefficient (Wildman–Crippen LogP) is 4.11. The molecule has 0 radical (unpaired) electrons. The Hall–Kier alpha value is -3.20. The highest BCUT2D eigenvalue weighted by Gasteiger charge is 2.23. The van der Waals surface area contributed by atoms with Gasteiger partial charge in [0, 0.05) is 24.7 Å². The molecular weight excluding hydrogens is 404 g/mol. The normalized spacial score (nSPS) is 13.4. The van der Waals surface area contributed by atoms with Crippen molar-refractivity contribution in [1.82, 2.24) is 5.32 Å². The number of ether oxygens (including phenoxy) is 1. The van der Waals surface area contributed by atoms with E-state index >= 15 is 0 Å². The molecule has 1 amide bonds. The minimum Gasteiger partial charge on any atom is -0.492 e. The molecule has 0 saturated carbocycles. The summed E-state index contributed by atoms with van der Waals surface area (Å²) in [4.78, 5) is 25.8. The molecule has 1 aliphatic heterocycles. The molecule has 2 aromatic rings. The van der Waals surface area contributed by atoms with Crippen molar-refractivity contribution in [1.29, 1.82) is 0 Å². The minimum atomic E-state index is -0.519. The molecule has 0 aliphatic carbocycles. The van der Waals surface area contributed by atoms with Crippen molar-refractivity contribution < 1.29 is 14.5 Å². The van der Waals surface area contributed by atoms with Crippen LogP contribution in [0.15, 0.2) is 42.5 Å². The van der Waals surface area contributed by atoms with Crippen molar-refractivity contribution >= 4 is 40.3 Å². The molecule has 3 rings (SSSR count). The zero-order valence-electron chi connectivity index (χ0n) is 16.7. The molecular formula is C21H24N4O4S. The lowest BCUT2D eigenvalue weighted by Crippen LogP contribution is -2.34. The zero-order valence-corrected chi connectivity index (χ0v) is 17.5. The summed E-state index contributed by atoms with van der Waals surface area (Å²) >= 11 is 5.23. The van der Waals surface area contributed by atoms with Gasteiger partial charge in [0.05, 0.1) is 17.2 Å². The molecule has 1 aliphatic rings. The smallest absolute Gasteiger partial charge is 0.293 e. The number of piperidine rings is 1. The number of carbonyl (C=O) groups is 1. The molecule has 2 N–H and O–H groups in total. The van der Waals surface area contributed by atoms with Crippen LogP contribution in [0.1, 0.15) is 36.5 Å². The summed E-state index contributed by atoms with van der Waals surface area (Å²) in [5.41, 5.74) is 1.26. The minimum absolute atomic E-state index is 0.0786. The van der Waals surface area contributed by atoms with Crippen LogP contribution >= 0.6 is 12.2 Å². The summed E-state index contributed by atoms with van der Waals surface area (Å²) in [6.07, 6.45) is 3.13. The topological polar surface area (TPSA) is 96.7 Å². The van der Waals surface area contributed by atoms with Gasteiger partial charge in [0.25, 0.3) is 11.6 Å². The highest BCUT2D eigenvalue weighted by Crippen LogP contribution is 2.31. The number of amides is 1. The summed E-state index contributed by atoms with van der Waals surface area (Å²) in [7, 11) is 0. The summed E-state index contributed by atoms with van der Waals surface area (Å²) in [6.45, 7) is 3.92. The molecule has 8 nitrogen and oxygen atoms in total. The lowest BCUT2D eigenvalue weighted by Gasteiger charge is -2.28.